The number of carbonyl (C=O) groups excluding carboxylic acids is 1. The summed E-state index contributed by atoms with van der Waals surface area (Å²) in [5, 5.41) is 7.26. The second-order valence-corrected chi connectivity index (χ2v) is 8.38. The second kappa shape index (κ2) is 9.71. The molecule has 1 aromatic carbocycles. The average Bonchev–Trinajstić information content (AvgIpc) is 3.44. The topological polar surface area (TPSA) is 73.6 Å². The fourth-order valence-electron chi connectivity index (χ4n) is 4.32. The Balaban J connectivity index is 1.37. The number of benzene rings is 1. The van der Waals surface area contributed by atoms with Crippen molar-refractivity contribution in [2.24, 2.45) is 11.3 Å². The zero-order chi connectivity index (χ0) is 20.8. The molecule has 162 valence electrons. The number of carbonyl (C=O) groups is 1. The van der Waals surface area contributed by atoms with E-state index in [1.165, 1.54) is 12.1 Å². The first-order chi connectivity index (χ1) is 14.6. The first-order valence-corrected chi connectivity index (χ1v) is 10.8. The van der Waals surface area contributed by atoms with Crippen molar-refractivity contribution in [3.8, 4) is 11.3 Å². The maximum absolute atomic E-state index is 13.2. The van der Waals surface area contributed by atoms with E-state index in [9.17, 15) is 9.18 Å². The number of amides is 1. The summed E-state index contributed by atoms with van der Waals surface area (Å²) in [5.41, 5.74) is 0.882. The van der Waals surface area contributed by atoms with Gasteiger partial charge in [-0.3, -0.25) is 4.79 Å². The Morgan fingerprint density at radius 3 is 2.70 bits per heavy atom. The molecule has 0 aliphatic carbocycles. The van der Waals surface area contributed by atoms with E-state index in [4.69, 9.17) is 14.0 Å². The molecule has 2 fully saturated rings. The van der Waals surface area contributed by atoms with Gasteiger partial charge < -0.3 is 19.3 Å². The molecule has 6 nitrogen and oxygen atoms in total. The van der Waals surface area contributed by atoms with Crippen LogP contribution >= 0.6 is 0 Å². The summed E-state index contributed by atoms with van der Waals surface area (Å²) in [4.78, 5) is 13.1. The maximum atomic E-state index is 13.2. The maximum Gasteiger partial charge on any atom is 0.226 e. The van der Waals surface area contributed by atoms with Crippen LogP contribution in [0.1, 0.15) is 37.9 Å². The molecule has 1 unspecified atom stereocenters. The van der Waals surface area contributed by atoms with E-state index >= 15 is 0 Å². The fourth-order valence-corrected chi connectivity index (χ4v) is 4.32. The number of aromatic nitrogens is 1. The molecule has 1 amide bonds. The highest BCUT2D eigenvalue weighted by molar-refractivity contribution is 5.83. The van der Waals surface area contributed by atoms with Crippen LogP contribution in [0.2, 0.25) is 0 Å². The van der Waals surface area contributed by atoms with Gasteiger partial charge in [-0.15, -0.1) is 0 Å². The zero-order valence-electron chi connectivity index (χ0n) is 17.2. The lowest BCUT2D eigenvalue weighted by Gasteiger charge is -2.35. The highest BCUT2D eigenvalue weighted by Crippen LogP contribution is 2.36. The van der Waals surface area contributed by atoms with E-state index in [2.05, 4.69) is 10.5 Å². The monoisotopic (exact) mass is 416 g/mol. The summed E-state index contributed by atoms with van der Waals surface area (Å²) in [6.45, 7) is 3.50. The van der Waals surface area contributed by atoms with E-state index < -0.39 is 5.41 Å². The van der Waals surface area contributed by atoms with Crippen molar-refractivity contribution >= 4 is 5.91 Å². The highest BCUT2D eigenvalue weighted by Gasteiger charge is 2.41. The standard InChI is InChI=1S/C23H29FN2O4/c24-19-5-3-18(4-6-19)21-14-20(30-26-21)15-23(8-12-28-13-9-23)22(27)25-10-1-2-17-7-11-29-16-17/h3-6,14,17H,1-2,7-13,15-16H2,(H,25,27). The van der Waals surface area contributed by atoms with Crippen LogP contribution in [0, 0.1) is 17.2 Å². The molecule has 2 aliphatic heterocycles. The molecule has 2 saturated heterocycles. The molecule has 3 heterocycles. The molecule has 0 spiro atoms. The van der Waals surface area contributed by atoms with Gasteiger partial charge in [0.1, 0.15) is 17.3 Å². The van der Waals surface area contributed by atoms with Gasteiger partial charge in [0.05, 0.1) is 5.41 Å². The van der Waals surface area contributed by atoms with Crippen molar-refractivity contribution in [1.82, 2.24) is 10.5 Å². The summed E-state index contributed by atoms with van der Waals surface area (Å²) >= 11 is 0. The fraction of sp³-hybridized carbons (Fsp3) is 0.565. The van der Waals surface area contributed by atoms with E-state index in [1.807, 2.05) is 6.07 Å². The first-order valence-electron chi connectivity index (χ1n) is 10.8. The SMILES string of the molecule is O=C(NCCCC1CCOC1)C1(Cc2cc(-c3ccc(F)cc3)no2)CCOCC1. The van der Waals surface area contributed by atoms with Crippen LogP contribution in [-0.4, -0.2) is 44.0 Å². The van der Waals surface area contributed by atoms with Gasteiger partial charge in [0.2, 0.25) is 5.91 Å². The predicted molar refractivity (Wildman–Crippen MR) is 109 cm³/mol. The lowest BCUT2D eigenvalue weighted by molar-refractivity contribution is -0.137. The molecule has 0 radical (unpaired) electrons. The largest absolute Gasteiger partial charge is 0.381 e. The smallest absolute Gasteiger partial charge is 0.226 e. The lowest BCUT2D eigenvalue weighted by Crippen LogP contribution is -2.46. The molecule has 7 heteroatoms. The van der Waals surface area contributed by atoms with Crippen LogP contribution in [0.15, 0.2) is 34.9 Å². The zero-order valence-corrected chi connectivity index (χ0v) is 17.2. The minimum absolute atomic E-state index is 0.0632. The summed E-state index contributed by atoms with van der Waals surface area (Å²) in [6.07, 6.45) is 4.95. The number of halogens is 1. The van der Waals surface area contributed by atoms with Gasteiger partial charge >= 0.3 is 0 Å². The van der Waals surface area contributed by atoms with E-state index in [1.54, 1.807) is 12.1 Å². The van der Waals surface area contributed by atoms with Gasteiger partial charge in [-0.25, -0.2) is 4.39 Å². The molecule has 1 N–H and O–H groups in total. The van der Waals surface area contributed by atoms with Crippen LogP contribution < -0.4 is 5.32 Å². The molecule has 2 aliphatic rings. The lowest BCUT2D eigenvalue weighted by atomic mass is 9.75. The Morgan fingerprint density at radius 2 is 1.97 bits per heavy atom. The van der Waals surface area contributed by atoms with Gasteiger partial charge in [0, 0.05) is 51.0 Å². The average molecular weight is 416 g/mol. The summed E-state index contributed by atoms with van der Waals surface area (Å²) in [5.74, 6) is 1.06. The van der Waals surface area contributed by atoms with Gasteiger partial charge in [-0.1, -0.05) is 5.16 Å². The van der Waals surface area contributed by atoms with Crippen molar-refractivity contribution in [2.75, 3.05) is 33.0 Å². The molecule has 2 aromatic rings. The van der Waals surface area contributed by atoms with E-state index in [0.29, 0.717) is 56.4 Å². The van der Waals surface area contributed by atoms with Crippen LogP contribution in [0.25, 0.3) is 11.3 Å². The molecule has 0 saturated carbocycles. The van der Waals surface area contributed by atoms with Crippen LogP contribution in [0.4, 0.5) is 4.39 Å². The van der Waals surface area contributed by atoms with Crippen molar-refractivity contribution < 1.29 is 23.2 Å². The van der Waals surface area contributed by atoms with Crippen molar-refractivity contribution in [3.05, 3.63) is 41.9 Å². The predicted octanol–water partition coefficient (Wildman–Crippen LogP) is 3.75. The van der Waals surface area contributed by atoms with E-state index in [0.717, 1.165) is 38.0 Å². The quantitative estimate of drug-likeness (QED) is 0.664. The summed E-state index contributed by atoms with van der Waals surface area (Å²) in [6, 6.07) is 7.98. The van der Waals surface area contributed by atoms with E-state index in [-0.39, 0.29) is 11.7 Å². The van der Waals surface area contributed by atoms with Gasteiger partial charge in [-0.05, 0) is 62.3 Å². The van der Waals surface area contributed by atoms with Crippen molar-refractivity contribution in [1.29, 1.82) is 0 Å². The van der Waals surface area contributed by atoms with Gasteiger partial charge in [0.15, 0.2) is 0 Å². The molecule has 30 heavy (non-hydrogen) atoms. The number of rotatable bonds is 8. The van der Waals surface area contributed by atoms with Gasteiger partial charge in [-0.2, -0.15) is 0 Å². The third-order valence-corrected chi connectivity index (χ3v) is 6.24. The molecular formula is C23H29FN2O4. The Kier molecular flexibility index (Phi) is 6.79. The number of hydrogen-bond donors (Lipinski definition) is 1. The normalized spacial score (nSPS) is 20.9. The molecule has 0 bridgehead atoms. The first kappa shape index (κ1) is 21.0. The van der Waals surface area contributed by atoms with Crippen molar-refractivity contribution in [3.63, 3.8) is 0 Å². The van der Waals surface area contributed by atoms with Crippen LogP contribution in [-0.2, 0) is 20.7 Å². The molecular weight excluding hydrogens is 387 g/mol. The minimum Gasteiger partial charge on any atom is -0.381 e. The Bertz CT molecular complexity index is 824. The van der Waals surface area contributed by atoms with Crippen molar-refractivity contribution in [2.45, 2.75) is 38.5 Å². The van der Waals surface area contributed by atoms with Gasteiger partial charge in [0.25, 0.3) is 0 Å². The Morgan fingerprint density at radius 1 is 1.17 bits per heavy atom. The van der Waals surface area contributed by atoms with Crippen LogP contribution in [0.3, 0.4) is 0 Å². The number of nitrogens with one attached hydrogen (secondary N) is 1. The Hall–Kier alpha value is -2.25. The number of ether oxygens (including phenoxy) is 2. The number of nitrogens with zero attached hydrogens (tertiary/aromatic N) is 1. The molecule has 4 rings (SSSR count). The third-order valence-electron chi connectivity index (χ3n) is 6.24. The van der Waals surface area contributed by atoms with Crippen LogP contribution in [0.5, 0.6) is 0 Å². The summed E-state index contributed by atoms with van der Waals surface area (Å²) in [7, 11) is 0. The molecule has 1 aromatic heterocycles. The molecule has 1 atom stereocenters. The number of hydrogen-bond acceptors (Lipinski definition) is 5. The second-order valence-electron chi connectivity index (χ2n) is 8.38. The summed E-state index contributed by atoms with van der Waals surface area (Å²) < 4.78 is 29.6. The third kappa shape index (κ3) is 5.08. The minimum atomic E-state index is -0.547. The Labute approximate surface area is 176 Å². The highest BCUT2D eigenvalue weighted by atomic mass is 19.1.